The third-order valence-corrected chi connectivity index (χ3v) is 11.0. The molecule has 3 N–H and O–H groups in total. The van der Waals surface area contributed by atoms with Gasteiger partial charge in [-0.15, -0.1) is 0 Å². The van der Waals surface area contributed by atoms with E-state index in [1.54, 1.807) is 68.6 Å². The number of carbonyl (C=O) groups excluding carboxylic acids is 3. The van der Waals surface area contributed by atoms with E-state index in [0.717, 1.165) is 16.7 Å². The lowest BCUT2D eigenvalue weighted by atomic mass is 9.95. The highest BCUT2D eigenvalue weighted by molar-refractivity contribution is 6.13. The van der Waals surface area contributed by atoms with E-state index >= 15 is 0 Å². The third-order valence-electron chi connectivity index (χ3n) is 11.0. The van der Waals surface area contributed by atoms with Gasteiger partial charge in [0.05, 0.1) is 29.9 Å². The third kappa shape index (κ3) is 9.14. The van der Waals surface area contributed by atoms with Crippen LogP contribution in [-0.4, -0.2) is 56.0 Å². The number of Topliss-reactive ketones (excluding diaryl/α,β-unsaturated/α-hetero) is 1. The molecule has 0 fully saturated rings. The fourth-order valence-corrected chi connectivity index (χ4v) is 7.75. The molecule has 0 unspecified atom stereocenters. The topological polar surface area (TPSA) is 157 Å². The Labute approximate surface area is 379 Å². The van der Waals surface area contributed by atoms with Crippen molar-refractivity contribution in [2.24, 2.45) is 0 Å². The number of rotatable bonds is 12. The van der Waals surface area contributed by atoms with Crippen LogP contribution in [0, 0.1) is 25.5 Å². The fourth-order valence-electron chi connectivity index (χ4n) is 7.75. The van der Waals surface area contributed by atoms with Crippen LogP contribution < -0.4 is 20.1 Å². The molecule has 2 aromatic heterocycles. The zero-order valence-electron chi connectivity index (χ0n) is 37.3. The van der Waals surface area contributed by atoms with E-state index in [4.69, 9.17) is 18.3 Å². The number of amides is 2. The summed E-state index contributed by atoms with van der Waals surface area (Å²) < 4.78 is 50.8. The number of hydrogen-bond donors (Lipinski definition) is 3. The molecule has 13 heteroatoms. The van der Waals surface area contributed by atoms with Crippen molar-refractivity contribution in [3.8, 4) is 56.4 Å². The van der Waals surface area contributed by atoms with E-state index in [0.29, 0.717) is 103 Å². The molecule has 0 saturated heterocycles. The number of fused-ring (bicyclic) bond motifs is 2. The molecular formula is C53H46F2N2O9. The minimum Gasteiger partial charge on any atom is -0.493 e. The number of carboxylic acids is 1. The Balaban J connectivity index is 0.000000196. The van der Waals surface area contributed by atoms with Crippen molar-refractivity contribution in [2.75, 3.05) is 27.3 Å². The number of hydrogen-bond acceptors (Lipinski definition) is 8. The molecule has 0 atom stereocenters. The maximum Gasteiger partial charge on any atom is 0.335 e. The van der Waals surface area contributed by atoms with Crippen molar-refractivity contribution in [3.05, 3.63) is 154 Å². The second kappa shape index (κ2) is 19.4. The van der Waals surface area contributed by atoms with Crippen molar-refractivity contribution in [3.63, 3.8) is 0 Å². The van der Waals surface area contributed by atoms with Gasteiger partial charge in [0.15, 0.2) is 5.78 Å². The van der Waals surface area contributed by atoms with Gasteiger partial charge in [0.2, 0.25) is 0 Å². The number of carbonyl (C=O) groups is 4. The van der Waals surface area contributed by atoms with Gasteiger partial charge in [-0.2, -0.15) is 0 Å². The number of furan rings is 2. The van der Waals surface area contributed by atoms with Crippen LogP contribution in [0.2, 0.25) is 0 Å². The van der Waals surface area contributed by atoms with E-state index in [2.05, 4.69) is 10.6 Å². The molecule has 8 aromatic rings. The van der Waals surface area contributed by atoms with Crippen LogP contribution in [0.3, 0.4) is 0 Å². The van der Waals surface area contributed by atoms with Crippen LogP contribution in [0.1, 0.15) is 73.3 Å². The average molecular weight is 893 g/mol. The lowest BCUT2D eigenvalue weighted by molar-refractivity contribution is 0.0695. The first-order chi connectivity index (χ1) is 31.7. The summed E-state index contributed by atoms with van der Waals surface area (Å²) in [5.74, 6) is -0.794. The minimum atomic E-state index is -1.03. The Bertz CT molecular complexity index is 2950. The van der Waals surface area contributed by atoms with Crippen molar-refractivity contribution in [1.82, 2.24) is 10.6 Å². The summed E-state index contributed by atoms with van der Waals surface area (Å²) in [4.78, 5) is 49.5. The van der Waals surface area contributed by atoms with E-state index in [1.165, 1.54) is 38.2 Å². The van der Waals surface area contributed by atoms with Gasteiger partial charge >= 0.3 is 5.97 Å². The highest BCUT2D eigenvalue weighted by Gasteiger charge is 2.26. The van der Waals surface area contributed by atoms with Crippen LogP contribution in [0.25, 0.3) is 66.8 Å². The molecule has 0 aliphatic rings. The van der Waals surface area contributed by atoms with Crippen molar-refractivity contribution >= 4 is 45.5 Å². The molecule has 0 aliphatic carbocycles. The molecule has 6 aromatic carbocycles. The zero-order valence-corrected chi connectivity index (χ0v) is 37.3. The van der Waals surface area contributed by atoms with Gasteiger partial charge in [0, 0.05) is 64.8 Å². The Morgan fingerprint density at radius 1 is 0.561 bits per heavy atom. The van der Waals surface area contributed by atoms with Gasteiger partial charge in [0.25, 0.3) is 11.8 Å². The first-order valence-corrected chi connectivity index (χ1v) is 21.1. The highest BCUT2D eigenvalue weighted by atomic mass is 19.1. The lowest BCUT2D eigenvalue weighted by Crippen LogP contribution is -2.18. The molecule has 11 nitrogen and oxygen atoms in total. The molecule has 2 amide bonds. The van der Waals surface area contributed by atoms with Crippen LogP contribution in [-0.2, 0) is 0 Å². The van der Waals surface area contributed by atoms with E-state index in [9.17, 15) is 33.1 Å². The monoisotopic (exact) mass is 892 g/mol. The molecule has 0 saturated carbocycles. The largest absolute Gasteiger partial charge is 0.493 e. The lowest BCUT2D eigenvalue weighted by Gasteiger charge is -2.13. The maximum absolute atomic E-state index is 13.5. The normalized spacial score (nSPS) is 10.9. The summed E-state index contributed by atoms with van der Waals surface area (Å²) >= 11 is 0. The van der Waals surface area contributed by atoms with Crippen molar-refractivity contribution in [1.29, 1.82) is 0 Å². The molecule has 0 bridgehead atoms. The predicted molar refractivity (Wildman–Crippen MR) is 250 cm³/mol. The van der Waals surface area contributed by atoms with E-state index < -0.39 is 11.8 Å². The Morgan fingerprint density at radius 2 is 0.939 bits per heavy atom. The molecule has 336 valence electrons. The van der Waals surface area contributed by atoms with Gasteiger partial charge in [0.1, 0.15) is 45.8 Å². The van der Waals surface area contributed by atoms with Gasteiger partial charge in [-0.1, -0.05) is 24.3 Å². The van der Waals surface area contributed by atoms with Crippen molar-refractivity contribution in [2.45, 2.75) is 34.6 Å². The summed E-state index contributed by atoms with van der Waals surface area (Å²) in [5.41, 5.74) is 7.80. The first-order valence-electron chi connectivity index (χ1n) is 21.1. The van der Waals surface area contributed by atoms with E-state index in [1.807, 2.05) is 51.1 Å². The second-order valence-electron chi connectivity index (χ2n) is 15.3. The molecule has 0 spiro atoms. The van der Waals surface area contributed by atoms with Crippen LogP contribution >= 0.6 is 0 Å². The summed E-state index contributed by atoms with van der Waals surface area (Å²) in [5, 5.41) is 16.0. The second-order valence-corrected chi connectivity index (χ2v) is 15.3. The highest BCUT2D eigenvalue weighted by Crippen LogP contribution is 2.43. The summed E-state index contributed by atoms with van der Waals surface area (Å²) in [6, 6.07) is 29.3. The van der Waals surface area contributed by atoms with Crippen LogP contribution in [0.15, 0.2) is 118 Å². The standard InChI is InChI=1S/C27H24FNO4.C26H22FNO5/c1-5-32-23-14-24-22(13-21(23)18-7-6-15(2)20(12-18)16(3)30)25(27(31)29-4)26(33-24)17-8-10-19(28)11-9-17;1-4-32-21-13-22-20(12-19(21)16-6-5-14(2)18(11-16)26(30)31)23(25(29)28-3)24(33-22)15-7-9-17(27)10-8-15/h6-14H,5H2,1-4H3,(H,29,31);5-13H,4H2,1-3H3,(H,28,29)(H,30,31). The van der Waals surface area contributed by atoms with E-state index in [-0.39, 0.29) is 29.0 Å². The summed E-state index contributed by atoms with van der Waals surface area (Å²) in [6.07, 6.45) is 0. The van der Waals surface area contributed by atoms with Gasteiger partial charge < -0.3 is 34.0 Å². The SMILES string of the molecule is CCOc1cc2oc(-c3ccc(F)cc3)c(C(=O)NC)c2cc1-c1ccc(C)c(C(=O)O)c1.CCOc1cc2oc(-c3ccc(F)cc3)c(C(=O)NC)c2cc1-c1ccc(C)c(C(C)=O)c1. The number of aryl methyl sites for hydroxylation is 2. The zero-order chi connectivity index (χ0) is 47.4. The number of nitrogens with one attached hydrogen (secondary N) is 2. The quantitative estimate of drug-likeness (QED) is 0.102. The first kappa shape index (κ1) is 45.9. The predicted octanol–water partition coefficient (Wildman–Crippen LogP) is 11.8. The number of ketones is 1. The number of halogens is 2. The van der Waals surface area contributed by atoms with Crippen LogP contribution in [0.4, 0.5) is 8.78 Å². The van der Waals surface area contributed by atoms with Gasteiger partial charge in [-0.05, 0) is 130 Å². The van der Waals surface area contributed by atoms with Crippen LogP contribution in [0.5, 0.6) is 11.5 Å². The summed E-state index contributed by atoms with van der Waals surface area (Å²) in [7, 11) is 3.06. The smallest absolute Gasteiger partial charge is 0.335 e. The summed E-state index contributed by atoms with van der Waals surface area (Å²) in [6.45, 7) is 9.69. The minimum absolute atomic E-state index is 0.0265. The molecule has 8 rings (SSSR count). The molecule has 2 heterocycles. The van der Waals surface area contributed by atoms with Gasteiger partial charge in [-0.25, -0.2) is 13.6 Å². The maximum atomic E-state index is 13.5. The molecular weight excluding hydrogens is 847 g/mol. The number of carboxylic acid groups (broad SMARTS) is 1. The average Bonchev–Trinajstić information content (AvgIpc) is 3.87. The Morgan fingerprint density at radius 3 is 1.30 bits per heavy atom. The fraction of sp³-hybridized carbons (Fsp3) is 0.170. The molecule has 0 radical (unpaired) electrons. The molecule has 0 aliphatic heterocycles. The van der Waals surface area contributed by atoms with Gasteiger partial charge in [-0.3, -0.25) is 14.4 Å². The Kier molecular flexibility index (Phi) is 13.5. The number of ether oxygens (including phenoxy) is 2. The Hall–Kier alpha value is -8.06. The number of benzene rings is 6. The van der Waals surface area contributed by atoms with Crippen molar-refractivity contribution < 1.29 is 51.4 Å². The molecule has 66 heavy (non-hydrogen) atoms. The number of aromatic carboxylic acids is 1.